The van der Waals surface area contributed by atoms with E-state index < -0.39 is 11.6 Å². The number of halogens is 1. The number of benzene rings is 2. The molecule has 0 saturated heterocycles. The molecule has 9 heteroatoms. The van der Waals surface area contributed by atoms with Crippen LogP contribution < -0.4 is 15.7 Å². The van der Waals surface area contributed by atoms with Crippen molar-refractivity contribution in [2.24, 2.45) is 0 Å². The Balaban J connectivity index is 1.64. The summed E-state index contributed by atoms with van der Waals surface area (Å²) in [5, 5.41) is 8.15. The summed E-state index contributed by atoms with van der Waals surface area (Å²) in [6.07, 6.45) is 1.43. The van der Waals surface area contributed by atoms with Crippen molar-refractivity contribution in [3.63, 3.8) is 0 Å². The first-order valence-electron chi connectivity index (χ1n) is 8.45. The zero-order chi connectivity index (χ0) is 19.8. The third kappa shape index (κ3) is 3.07. The molecule has 8 nitrogen and oxygen atoms in total. The zero-order valence-corrected chi connectivity index (χ0v) is 15.9. The van der Waals surface area contributed by atoms with Gasteiger partial charge in [0, 0.05) is 11.1 Å². The molecule has 28 heavy (non-hydrogen) atoms. The number of hydrogen-bond acceptors (Lipinski definition) is 5. The standard InChI is InChI=1S/C19H16ClN5O3/c1-11-4-3-5-13-17(11)21-10-24-18(13)23-25(19(24)27)9-16(26)22-12-6-7-15(28-2)14(20)8-12/h3-8,10H,9H2,1-2H3,(H,22,26). The normalized spacial score (nSPS) is 11.1. The molecule has 0 atom stereocenters. The maximum Gasteiger partial charge on any atom is 0.352 e. The molecule has 0 bridgehead atoms. The number of aromatic nitrogens is 4. The Kier molecular flexibility index (Phi) is 4.48. The smallest absolute Gasteiger partial charge is 0.352 e. The summed E-state index contributed by atoms with van der Waals surface area (Å²) < 4.78 is 7.53. The fourth-order valence-electron chi connectivity index (χ4n) is 3.02. The van der Waals surface area contributed by atoms with Crippen molar-refractivity contribution >= 4 is 39.7 Å². The van der Waals surface area contributed by atoms with Crippen molar-refractivity contribution in [2.45, 2.75) is 13.5 Å². The van der Waals surface area contributed by atoms with Crippen LogP contribution in [0.2, 0.25) is 5.02 Å². The number of carbonyl (C=O) groups is 1. The highest BCUT2D eigenvalue weighted by Crippen LogP contribution is 2.27. The van der Waals surface area contributed by atoms with Crippen LogP contribution in [0.5, 0.6) is 5.75 Å². The van der Waals surface area contributed by atoms with Gasteiger partial charge in [0.1, 0.15) is 18.6 Å². The Hall–Kier alpha value is -3.39. The van der Waals surface area contributed by atoms with Crippen LogP contribution in [-0.4, -0.2) is 32.2 Å². The van der Waals surface area contributed by atoms with Gasteiger partial charge in [0.15, 0.2) is 5.65 Å². The highest BCUT2D eigenvalue weighted by atomic mass is 35.5. The summed E-state index contributed by atoms with van der Waals surface area (Å²) in [4.78, 5) is 29.3. The summed E-state index contributed by atoms with van der Waals surface area (Å²) in [5.41, 5.74) is 2.27. The Labute approximate surface area is 164 Å². The molecule has 2 heterocycles. The van der Waals surface area contributed by atoms with Gasteiger partial charge in [-0.15, -0.1) is 5.10 Å². The maximum absolute atomic E-state index is 12.6. The van der Waals surface area contributed by atoms with Gasteiger partial charge >= 0.3 is 5.69 Å². The van der Waals surface area contributed by atoms with Gasteiger partial charge in [0.2, 0.25) is 5.91 Å². The molecule has 2 aromatic heterocycles. The van der Waals surface area contributed by atoms with Crippen LogP contribution in [0, 0.1) is 6.92 Å². The SMILES string of the molecule is COc1ccc(NC(=O)Cn2nc3c4cccc(C)c4ncn3c2=O)cc1Cl. The number of para-hydroxylation sites is 1. The molecule has 0 radical (unpaired) electrons. The van der Waals surface area contributed by atoms with E-state index in [1.807, 2.05) is 25.1 Å². The van der Waals surface area contributed by atoms with Gasteiger partial charge in [0.25, 0.3) is 0 Å². The third-order valence-corrected chi connectivity index (χ3v) is 4.68. The van der Waals surface area contributed by atoms with E-state index in [4.69, 9.17) is 16.3 Å². The molecule has 0 fully saturated rings. The number of nitrogens with one attached hydrogen (secondary N) is 1. The van der Waals surface area contributed by atoms with Gasteiger partial charge in [-0.25, -0.2) is 18.9 Å². The second-order valence-electron chi connectivity index (χ2n) is 6.25. The molecule has 0 aliphatic carbocycles. The minimum absolute atomic E-state index is 0.239. The van der Waals surface area contributed by atoms with E-state index in [9.17, 15) is 9.59 Å². The first kappa shape index (κ1) is 18.0. The van der Waals surface area contributed by atoms with E-state index in [0.717, 1.165) is 21.1 Å². The Morgan fingerprint density at radius 1 is 1.29 bits per heavy atom. The molecule has 0 aliphatic heterocycles. The van der Waals surface area contributed by atoms with E-state index in [0.29, 0.717) is 22.1 Å². The largest absolute Gasteiger partial charge is 0.495 e. The second-order valence-corrected chi connectivity index (χ2v) is 6.65. The van der Waals surface area contributed by atoms with Gasteiger partial charge in [0.05, 0.1) is 17.6 Å². The molecular formula is C19H16ClN5O3. The van der Waals surface area contributed by atoms with E-state index >= 15 is 0 Å². The topological polar surface area (TPSA) is 90.5 Å². The lowest BCUT2D eigenvalue weighted by Gasteiger charge is -2.07. The number of hydrogen-bond donors (Lipinski definition) is 1. The lowest BCUT2D eigenvalue weighted by molar-refractivity contribution is -0.117. The minimum Gasteiger partial charge on any atom is -0.495 e. The summed E-state index contributed by atoms with van der Waals surface area (Å²) >= 11 is 6.07. The average Bonchev–Trinajstić information content (AvgIpc) is 2.98. The third-order valence-electron chi connectivity index (χ3n) is 4.38. The maximum atomic E-state index is 12.6. The van der Waals surface area contributed by atoms with Crippen LogP contribution in [0.1, 0.15) is 5.56 Å². The fourth-order valence-corrected chi connectivity index (χ4v) is 3.28. The molecule has 1 amide bonds. The summed E-state index contributed by atoms with van der Waals surface area (Å²) in [7, 11) is 1.51. The quantitative estimate of drug-likeness (QED) is 0.571. The Morgan fingerprint density at radius 2 is 2.11 bits per heavy atom. The van der Waals surface area contributed by atoms with Crippen molar-refractivity contribution in [2.75, 3.05) is 12.4 Å². The predicted molar refractivity (Wildman–Crippen MR) is 106 cm³/mol. The molecule has 0 spiro atoms. The minimum atomic E-state index is -0.436. The number of fused-ring (bicyclic) bond motifs is 3. The number of aryl methyl sites for hydroxylation is 1. The molecule has 4 aromatic rings. The molecule has 0 unspecified atom stereocenters. The molecular weight excluding hydrogens is 382 g/mol. The van der Waals surface area contributed by atoms with E-state index in [1.54, 1.807) is 18.2 Å². The Morgan fingerprint density at radius 3 is 2.86 bits per heavy atom. The number of amides is 1. The lowest BCUT2D eigenvalue weighted by Crippen LogP contribution is -2.28. The van der Waals surface area contributed by atoms with Crippen LogP contribution in [0.15, 0.2) is 47.5 Å². The van der Waals surface area contributed by atoms with Gasteiger partial charge < -0.3 is 10.1 Å². The average molecular weight is 398 g/mol. The van der Waals surface area contributed by atoms with Crippen LogP contribution in [0.3, 0.4) is 0 Å². The first-order chi connectivity index (χ1) is 13.5. The van der Waals surface area contributed by atoms with Crippen molar-refractivity contribution in [1.82, 2.24) is 19.2 Å². The Bertz CT molecular complexity index is 1280. The van der Waals surface area contributed by atoms with Gasteiger partial charge in [-0.1, -0.05) is 23.7 Å². The predicted octanol–water partition coefficient (Wildman–Crippen LogP) is 2.65. The number of nitrogens with zero attached hydrogens (tertiary/aromatic N) is 4. The first-order valence-corrected chi connectivity index (χ1v) is 8.82. The lowest BCUT2D eigenvalue weighted by atomic mass is 10.1. The van der Waals surface area contributed by atoms with E-state index in [2.05, 4.69) is 15.4 Å². The van der Waals surface area contributed by atoms with Crippen LogP contribution in [-0.2, 0) is 11.3 Å². The van der Waals surface area contributed by atoms with Gasteiger partial charge in [-0.05, 0) is 36.8 Å². The number of methoxy groups -OCH3 is 1. The van der Waals surface area contributed by atoms with Crippen LogP contribution in [0.25, 0.3) is 16.6 Å². The van der Waals surface area contributed by atoms with Gasteiger partial charge in [-0.2, -0.15) is 0 Å². The van der Waals surface area contributed by atoms with Crippen molar-refractivity contribution < 1.29 is 9.53 Å². The molecule has 142 valence electrons. The van der Waals surface area contributed by atoms with Crippen LogP contribution in [0.4, 0.5) is 5.69 Å². The number of ether oxygens (including phenoxy) is 1. The molecule has 2 aromatic carbocycles. The molecule has 1 N–H and O–H groups in total. The number of rotatable bonds is 4. The highest BCUT2D eigenvalue weighted by Gasteiger charge is 2.14. The monoisotopic (exact) mass is 397 g/mol. The second kappa shape index (κ2) is 6.97. The summed E-state index contributed by atoms with van der Waals surface area (Å²) in [5.74, 6) is 0.103. The summed E-state index contributed by atoms with van der Waals surface area (Å²) in [6.45, 7) is 1.70. The fraction of sp³-hybridized carbons (Fsp3) is 0.158. The highest BCUT2D eigenvalue weighted by molar-refractivity contribution is 6.32. The number of anilines is 1. The number of carbonyl (C=O) groups excluding carboxylic acids is 1. The molecule has 0 saturated carbocycles. The van der Waals surface area contributed by atoms with Crippen molar-refractivity contribution in [3.05, 3.63) is 63.8 Å². The zero-order valence-electron chi connectivity index (χ0n) is 15.1. The van der Waals surface area contributed by atoms with Gasteiger partial charge in [-0.3, -0.25) is 4.79 Å². The molecule has 0 aliphatic rings. The van der Waals surface area contributed by atoms with Crippen LogP contribution >= 0.6 is 11.6 Å². The summed E-state index contributed by atoms with van der Waals surface area (Å²) in [6, 6.07) is 10.5. The van der Waals surface area contributed by atoms with Crippen molar-refractivity contribution in [1.29, 1.82) is 0 Å². The van der Waals surface area contributed by atoms with E-state index in [1.165, 1.54) is 17.8 Å². The van der Waals surface area contributed by atoms with E-state index in [-0.39, 0.29) is 6.54 Å². The molecule has 4 rings (SSSR count). The van der Waals surface area contributed by atoms with Crippen molar-refractivity contribution in [3.8, 4) is 5.75 Å².